The number of carbonyl (C=O) groups excluding carboxylic acids is 2. The number of carbonyl (C=O) groups is 2. The van der Waals surface area contributed by atoms with Crippen LogP contribution in [0.2, 0.25) is 0 Å². The first kappa shape index (κ1) is 19.9. The predicted octanol–water partition coefficient (Wildman–Crippen LogP) is 1.97. The van der Waals surface area contributed by atoms with Gasteiger partial charge in [0, 0.05) is 37.7 Å². The second kappa shape index (κ2) is 8.00. The molecule has 1 aliphatic rings. The number of ether oxygens (including phenoxy) is 1. The molecule has 1 saturated heterocycles. The van der Waals surface area contributed by atoms with E-state index in [0.29, 0.717) is 24.2 Å². The summed E-state index contributed by atoms with van der Waals surface area (Å²) in [6.07, 6.45) is 1.73. The normalized spacial score (nSPS) is 17.0. The van der Waals surface area contributed by atoms with Crippen molar-refractivity contribution in [2.24, 2.45) is 7.05 Å². The zero-order valence-corrected chi connectivity index (χ0v) is 16.7. The molecule has 2 aromatic rings. The predicted molar refractivity (Wildman–Crippen MR) is 104 cm³/mol. The third-order valence-electron chi connectivity index (χ3n) is 5.13. The zero-order chi connectivity index (χ0) is 20.4. The molecule has 1 unspecified atom stereocenters. The van der Waals surface area contributed by atoms with Crippen LogP contribution >= 0.6 is 0 Å². The number of esters is 1. The van der Waals surface area contributed by atoms with E-state index >= 15 is 0 Å². The molecule has 2 heterocycles. The summed E-state index contributed by atoms with van der Waals surface area (Å²) in [5, 5.41) is 4.44. The van der Waals surface area contributed by atoms with Crippen LogP contribution in [-0.2, 0) is 11.8 Å². The Morgan fingerprint density at radius 2 is 1.82 bits per heavy atom. The van der Waals surface area contributed by atoms with E-state index < -0.39 is 5.97 Å². The van der Waals surface area contributed by atoms with Crippen molar-refractivity contribution in [3.05, 3.63) is 51.7 Å². The van der Waals surface area contributed by atoms with E-state index in [9.17, 15) is 14.4 Å². The van der Waals surface area contributed by atoms with Gasteiger partial charge in [0.05, 0.1) is 12.7 Å². The van der Waals surface area contributed by atoms with Crippen LogP contribution in [-0.4, -0.2) is 51.3 Å². The number of likely N-dealkylation sites (tertiary alicyclic amines) is 1. The number of benzene rings is 1. The second-order valence-electron chi connectivity index (χ2n) is 7.39. The summed E-state index contributed by atoms with van der Waals surface area (Å²) < 4.78 is 7.76. The molecule has 8 nitrogen and oxygen atoms in total. The highest BCUT2D eigenvalue weighted by molar-refractivity contribution is 5.96. The third kappa shape index (κ3) is 3.72. The highest BCUT2D eigenvalue weighted by atomic mass is 16.5. The molecule has 3 rings (SSSR count). The topological polar surface area (TPSA) is 86.4 Å². The van der Waals surface area contributed by atoms with Crippen LogP contribution in [0.1, 0.15) is 65.2 Å². The minimum Gasteiger partial charge on any atom is -0.465 e. The van der Waals surface area contributed by atoms with Crippen molar-refractivity contribution in [1.29, 1.82) is 0 Å². The molecule has 0 bridgehead atoms. The molecule has 8 heteroatoms. The molecule has 28 heavy (non-hydrogen) atoms. The lowest BCUT2D eigenvalue weighted by Crippen LogP contribution is -2.40. The van der Waals surface area contributed by atoms with E-state index in [2.05, 4.69) is 9.84 Å². The lowest BCUT2D eigenvalue weighted by atomic mass is 9.96. The molecule has 1 aromatic heterocycles. The molecule has 1 aliphatic heterocycles. The first-order valence-electron chi connectivity index (χ1n) is 9.46. The molecule has 1 fully saturated rings. The fraction of sp³-hybridized carbons (Fsp3) is 0.500. The van der Waals surface area contributed by atoms with Crippen LogP contribution < -0.4 is 5.69 Å². The molecule has 0 N–H and O–H groups in total. The van der Waals surface area contributed by atoms with Gasteiger partial charge in [-0.15, -0.1) is 0 Å². The number of hydrogen-bond acceptors (Lipinski definition) is 5. The van der Waals surface area contributed by atoms with Crippen molar-refractivity contribution in [3.63, 3.8) is 0 Å². The van der Waals surface area contributed by atoms with Gasteiger partial charge >= 0.3 is 11.7 Å². The molecule has 1 aromatic carbocycles. The Labute approximate surface area is 163 Å². The summed E-state index contributed by atoms with van der Waals surface area (Å²) >= 11 is 0. The largest absolute Gasteiger partial charge is 0.465 e. The Morgan fingerprint density at radius 1 is 1.18 bits per heavy atom. The van der Waals surface area contributed by atoms with Gasteiger partial charge in [-0.25, -0.2) is 14.3 Å². The highest BCUT2D eigenvalue weighted by Gasteiger charge is 2.30. The van der Waals surface area contributed by atoms with Crippen molar-refractivity contribution >= 4 is 11.9 Å². The average Bonchev–Trinajstić information content (AvgIpc) is 3.02. The second-order valence-corrected chi connectivity index (χ2v) is 7.39. The molecule has 1 amide bonds. The Kier molecular flexibility index (Phi) is 5.67. The van der Waals surface area contributed by atoms with Gasteiger partial charge < -0.3 is 9.64 Å². The summed E-state index contributed by atoms with van der Waals surface area (Å²) in [5.74, 6) is 0.235. The van der Waals surface area contributed by atoms with Crippen LogP contribution in [0.4, 0.5) is 0 Å². The van der Waals surface area contributed by atoms with E-state index in [-0.39, 0.29) is 23.6 Å². The summed E-state index contributed by atoms with van der Waals surface area (Å²) in [6.45, 7) is 5.09. The van der Waals surface area contributed by atoms with Crippen LogP contribution in [0.15, 0.2) is 29.1 Å². The van der Waals surface area contributed by atoms with E-state index in [1.54, 1.807) is 40.8 Å². The van der Waals surface area contributed by atoms with Gasteiger partial charge in [0.25, 0.3) is 5.91 Å². The number of nitrogens with zero attached hydrogens (tertiary/aromatic N) is 4. The van der Waals surface area contributed by atoms with Crippen LogP contribution in [0.3, 0.4) is 0 Å². The van der Waals surface area contributed by atoms with Crippen molar-refractivity contribution in [2.75, 3.05) is 20.2 Å². The van der Waals surface area contributed by atoms with Gasteiger partial charge in [0.15, 0.2) is 0 Å². The molecule has 0 saturated carbocycles. The Bertz CT molecular complexity index is 927. The number of aryl methyl sites for hydroxylation is 1. The van der Waals surface area contributed by atoms with Crippen molar-refractivity contribution in [3.8, 4) is 0 Å². The molecular formula is C20H26N4O4. The van der Waals surface area contributed by atoms with Gasteiger partial charge in [-0.2, -0.15) is 5.10 Å². The number of amides is 1. The monoisotopic (exact) mass is 386 g/mol. The molecule has 150 valence electrons. The number of methoxy groups -OCH3 is 1. The minimum absolute atomic E-state index is 0.00754. The highest BCUT2D eigenvalue weighted by Crippen LogP contribution is 2.27. The SMILES string of the molecule is COC(=O)c1ccc(C(=O)N2CCCC(c3nn(C)c(=O)n3C(C)C)C2)cc1. The van der Waals surface area contributed by atoms with Gasteiger partial charge in [0.2, 0.25) is 0 Å². The van der Waals surface area contributed by atoms with Gasteiger partial charge in [0.1, 0.15) is 5.82 Å². The molecule has 0 radical (unpaired) electrons. The number of piperidine rings is 1. The number of hydrogen-bond donors (Lipinski definition) is 0. The van der Waals surface area contributed by atoms with Crippen molar-refractivity contribution in [2.45, 2.75) is 38.6 Å². The minimum atomic E-state index is -0.432. The van der Waals surface area contributed by atoms with Crippen molar-refractivity contribution in [1.82, 2.24) is 19.2 Å². The van der Waals surface area contributed by atoms with Crippen molar-refractivity contribution < 1.29 is 14.3 Å². The van der Waals surface area contributed by atoms with Gasteiger partial charge in [-0.3, -0.25) is 9.36 Å². The summed E-state index contributed by atoms with van der Waals surface area (Å²) in [7, 11) is 2.98. The van der Waals surface area contributed by atoms with Gasteiger partial charge in [-0.05, 0) is 51.0 Å². The smallest absolute Gasteiger partial charge is 0.345 e. The van der Waals surface area contributed by atoms with Gasteiger partial charge in [-0.1, -0.05) is 0 Å². The first-order valence-corrected chi connectivity index (χ1v) is 9.46. The first-order chi connectivity index (χ1) is 13.3. The maximum atomic E-state index is 12.9. The fourth-order valence-electron chi connectivity index (χ4n) is 3.68. The summed E-state index contributed by atoms with van der Waals surface area (Å²) in [4.78, 5) is 38.7. The molecule has 1 atom stereocenters. The zero-order valence-electron chi connectivity index (χ0n) is 16.7. The Morgan fingerprint density at radius 3 is 2.43 bits per heavy atom. The quantitative estimate of drug-likeness (QED) is 0.750. The maximum Gasteiger partial charge on any atom is 0.345 e. The van der Waals surface area contributed by atoms with E-state index in [0.717, 1.165) is 18.7 Å². The third-order valence-corrected chi connectivity index (χ3v) is 5.13. The lowest BCUT2D eigenvalue weighted by molar-refractivity contribution is 0.0599. The maximum absolute atomic E-state index is 12.9. The molecule has 0 spiro atoms. The Balaban J connectivity index is 1.80. The van der Waals surface area contributed by atoms with E-state index in [1.807, 2.05) is 13.8 Å². The van der Waals surface area contributed by atoms with Crippen LogP contribution in [0, 0.1) is 0 Å². The standard InChI is InChI=1S/C20H26N4O4/c1-13(2)24-17(21-22(3)20(24)27)16-6-5-11-23(12-16)18(25)14-7-9-15(10-8-14)19(26)28-4/h7-10,13,16H,5-6,11-12H2,1-4H3. The van der Waals surface area contributed by atoms with Crippen LogP contribution in [0.25, 0.3) is 0 Å². The molecule has 0 aliphatic carbocycles. The van der Waals surface area contributed by atoms with E-state index in [4.69, 9.17) is 0 Å². The lowest BCUT2D eigenvalue weighted by Gasteiger charge is -2.32. The summed E-state index contributed by atoms with van der Waals surface area (Å²) in [5.41, 5.74) is 0.799. The number of aromatic nitrogens is 3. The summed E-state index contributed by atoms with van der Waals surface area (Å²) in [6, 6.07) is 6.48. The Hall–Kier alpha value is -2.90. The van der Waals surface area contributed by atoms with Crippen LogP contribution in [0.5, 0.6) is 0 Å². The number of rotatable bonds is 4. The average molecular weight is 386 g/mol. The fourth-order valence-corrected chi connectivity index (χ4v) is 3.68. The van der Waals surface area contributed by atoms with E-state index in [1.165, 1.54) is 11.8 Å². The molecular weight excluding hydrogens is 360 g/mol.